The Morgan fingerprint density at radius 2 is 2.14 bits per heavy atom. The molecule has 0 radical (unpaired) electrons. The molecule has 2 aliphatic rings. The number of carbonyl (C=O) groups excluding carboxylic acids is 1. The van der Waals surface area contributed by atoms with E-state index in [1.807, 2.05) is 19.2 Å². The molecule has 1 spiro atoms. The molecule has 0 aromatic carbocycles. The molecule has 76 valence electrons. The van der Waals surface area contributed by atoms with Crippen molar-refractivity contribution < 1.29 is 9.90 Å². The number of aliphatic hydroxyl groups is 1. The summed E-state index contributed by atoms with van der Waals surface area (Å²) >= 11 is 0. The third kappa shape index (κ3) is 1.60. The fourth-order valence-electron chi connectivity index (χ4n) is 1.99. The molecular weight excluding hydrogens is 178 g/mol. The number of allylic oxidation sites excluding steroid dienone is 2. The Labute approximate surface area is 83.7 Å². The molecule has 0 unspecified atom stereocenters. The van der Waals surface area contributed by atoms with Gasteiger partial charge in [-0.05, 0) is 6.42 Å². The largest absolute Gasteiger partial charge is 0.385 e. The Balaban J connectivity index is 2.15. The zero-order chi connectivity index (χ0) is 10.2. The highest BCUT2D eigenvalue weighted by molar-refractivity contribution is 5.78. The maximum absolute atomic E-state index is 11.5. The highest BCUT2D eigenvalue weighted by Crippen LogP contribution is 2.36. The predicted molar refractivity (Wildman–Crippen MR) is 53.6 cm³/mol. The van der Waals surface area contributed by atoms with E-state index < -0.39 is 6.10 Å². The summed E-state index contributed by atoms with van der Waals surface area (Å²) in [5.41, 5.74) is -0.122. The van der Waals surface area contributed by atoms with E-state index >= 15 is 0 Å². The van der Waals surface area contributed by atoms with E-state index in [4.69, 9.17) is 0 Å². The maximum Gasteiger partial charge on any atom is 0.223 e. The van der Waals surface area contributed by atoms with Gasteiger partial charge in [0.05, 0.1) is 6.10 Å². The Hall–Kier alpha value is -1.09. The van der Waals surface area contributed by atoms with Crippen LogP contribution in [0.3, 0.4) is 0 Å². The normalized spacial score (nSPS) is 36.9. The lowest BCUT2D eigenvalue weighted by Gasteiger charge is -2.37. The highest BCUT2D eigenvalue weighted by atomic mass is 16.3. The Bertz CT molecular complexity index is 292. The smallest absolute Gasteiger partial charge is 0.223 e. The number of piperidine rings is 1. The lowest BCUT2D eigenvalue weighted by Crippen LogP contribution is -2.41. The summed E-state index contributed by atoms with van der Waals surface area (Å²) < 4.78 is 0. The van der Waals surface area contributed by atoms with Gasteiger partial charge < -0.3 is 10.0 Å². The van der Waals surface area contributed by atoms with E-state index in [2.05, 4.69) is 0 Å². The monoisotopic (exact) mass is 193 g/mol. The van der Waals surface area contributed by atoms with Crippen LogP contribution in [0.4, 0.5) is 0 Å². The molecule has 1 amide bonds. The molecule has 1 aliphatic carbocycles. The van der Waals surface area contributed by atoms with E-state index in [-0.39, 0.29) is 11.3 Å². The van der Waals surface area contributed by atoms with Crippen molar-refractivity contribution in [2.75, 3.05) is 13.6 Å². The van der Waals surface area contributed by atoms with Crippen molar-refractivity contribution in [1.82, 2.24) is 4.90 Å². The van der Waals surface area contributed by atoms with Crippen LogP contribution in [0.1, 0.15) is 12.8 Å². The van der Waals surface area contributed by atoms with Crippen LogP contribution >= 0.6 is 0 Å². The summed E-state index contributed by atoms with van der Waals surface area (Å²) in [6, 6.07) is 0. The fourth-order valence-corrected chi connectivity index (χ4v) is 1.99. The molecule has 0 aromatic heterocycles. The Kier molecular flexibility index (Phi) is 2.19. The van der Waals surface area contributed by atoms with Gasteiger partial charge in [-0.15, -0.1) is 0 Å². The van der Waals surface area contributed by atoms with Crippen LogP contribution in [0.25, 0.3) is 0 Å². The summed E-state index contributed by atoms with van der Waals surface area (Å²) in [5.74, 6) is 0.182. The first-order chi connectivity index (χ1) is 6.61. The molecule has 0 saturated carbocycles. The first-order valence-corrected chi connectivity index (χ1v) is 4.92. The van der Waals surface area contributed by atoms with Crippen LogP contribution in [0.2, 0.25) is 0 Å². The Morgan fingerprint density at radius 1 is 1.50 bits per heavy atom. The molecule has 1 aliphatic heterocycles. The number of nitrogens with zero attached hydrogens (tertiary/aromatic N) is 1. The van der Waals surface area contributed by atoms with Crippen LogP contribution in [0, 0.1) is 5.41 Å². The summed E-state index contributed by atoms with van der Waals surface area (Å²) in [6.07, 6.45) is 8.48. The second-order valence-corrected chi connectivity index (χ2v) is 4.18. The number of amides is 1. The topological polar surface area (TPSA) is 40.5 Å². The van der Waals surface area contributed by atoms with E-state index in [0.717, 1.165) is 13.0 Å². The standard InChI is InChI=1S/C11H15NO2/c1-12-7-6-11(8-10(12)14)4-2-9(13)3-5-11/h2-5,9,13H,6-8H2,1H3. The van der Waals surface area contributed by atoms with Crippen LogP contribution in [0.15, 0.2) is 24.3 Å². The average Bonchev–Trinajstić information content (AvgIpc) is 2.18. The minimum absolute atomic E-state index is 0.122. The van der Waals surface area contributed by atoms with Gasteiger partial charge in [-0.3, -0.25) is 4.79 Å². The first-order valence-electron chi connectivity index (χ1n) is 4.92. The van der Waals surface area contributed by atoms with Gasteiger partial charge in [0.25, 0.3) is 0 Å². The molecule has 0 bridgehead atoms. The molecule has 3 heteroatoms. The lowest BCUT2D eigenvalue weighted by atomic mass is 9.75. The van der Waals surface area contributed by atoms with Crippen molar-refractivity contribution >= 4 is 5.91 Å². The number of hydrogen-bond acceptors (Lipinski definition) is 2. The third-order valence-corrected chi connectivity index (χ3v) is 3.07. The SMILES string of the molecule is CN1CCC2(C=CC(O)C=C2)CC1=O. The van der Waals surface area contributed by atoms with Crippen LogP contribution < -0.4 is 0 Å². The average molecular weight is 193 g/mol. The molecule has 1 N–H and O–H groups in total. The van der Waals surface area contributed by atoms with E-state index in [9.17, 15) is 9.90 Å². The Morgan fingerprint density at radius 3 is 2.71 bits per heavy atom. The van der Waals surface area contributed by atoms with Crippen molar-refractivity contribution in [2.24, 2.45) is 5.41 Å². The van der Waals surface area contributed by atoms with Crippen molar-refractivity contribution in [3.05, 3.63) is 24.3 Å². The van der Waals surface area contributed by atoms with Gasteiger partial charge in [-0.1, -0.05) is 24.3 Å². The van der Waals surface area contributed by atoms with E-state index in [1.165, 1.54) is 0 Å². The zero-order valence-electron chi connectivity index (χ0n) is 8.31. The van der Waals surface area contributed by atoms with Crippen molar-refractivity contribution in [3.63, 3.8) is 0 Å². The number of carbonyl (C=O) groups is 1. The summed E-state index contributed by atoms with van der Waals surface area (Å²) in [4.78, 5) is 13.3. The fraction of sp³-hybridized carbons (Fsp3) is 0.545. The molecule has 1 saturated heterocycles. The van der Waals surface area contributed by atoms with Crippen LogP contribution in [-0.4, -0.2) is 35.6 Å². The number of rotatable bonds is 0. The lowest BCUT2D eigenvalue weighted by molar-refractivity contribution is -0.134. The second-order valence-electron chi connectivity index (χ2n) is 4.18. The summed E-state index contributed by atoms with van der Waals surface area (Å²) in [7, 11) is 1.83. The van der Waals surface area contributed by atoms with Crippen molar-refractivity contribution in [3.8, 4) is 0 Å². The second kappa shape index (κ2) is 3.24. The van der Waals surface area contributed by atoms with Crippen molar-refractivity contribution in [1.29, 1.82) is 0 Å². The number of hydrogen-bond donors (Lipinski definition) is 1. The van der Waals surface area contributed by atoms with Crippen molar-refractivity contribution in [2.45, 2.75) is 18.9 Å². The zero-order valence-corrected chi connectivity index (χ0v) is 8.31. The van der Waals surface area contributed by atoms with Gasteiger partial charge >= 0.3 is 0 Å². The third-order valence-electron chi connectivity index (χ3n) is 3.07. The maximum atomic E-state index is 11.5. The molecule has 2 rings (SSSR count). The van der Waals surface area contributed by atoms with E-state index in [0.29, 0.717) is 6.42 Å². The van der Waals surface area contributed by atoms with Gasteiger partial charge in [0, 0.05) is 25.4 Å². The van der Waals surface area contributed by atoms with Crippen LogP contribution in [0.5, 0.6) is 0 Å². The number of likely N-dealkylation sites (tertiary alicyclic amines) is 1. The minimum atomic E-state index is -0.476. The molecule has 1 fully saturated rings. The predicted octanol–water partition coefficient (Wildman–Crippen LogP) is 0.712. The highest BCUT2D eigenvalue weighted by Gasteiger charge is 2.34. The summed E-state index contributed by atoms with van der Waals surface area (Å²) in [5, 5.41) is 9.27. The summed E-state index contributed by atoms with van der Waals surface area (Å²) in [6.45, 7) is 0.795. The molecule has 1 heterocycles. The first kappa shape index (κ1) is 9.46. The van der Waals surface area contributed by atoms with Gasteiger partial charge in [0.15, 0.2) is 0 Å². The van der Waals surface area contributed by atoms with Gasteiger partial charge in [0.2, 0.25) is 5.91 Å². The molecule has 14 heavy (non-hydrogen) atoms. The molecular formula is C11H15NO2. The van der Waals surface area contributed by atoms with Gasteiger partial charge in [0.1, 0.15) is 0 Å². The van der Waals surface area contributed by atoms with Gasteiger partial charge in [-0.25, -0.2) is 0 Å². The number of aliphatic hydroxyl groups excluding tert-OH is 1. The molecule has 0 atom stereocenters. The van der Waals surface area contributed by atoms with Crippen LogP contribution in [-0.2, 0) is 4.79 Å². The molecule has 0 aromatic rings. The quantitative estimate of drug-likeness (QED) is 0.576. The molecule has 3 nitrogen and oxygen atoms in total. The van der Waals surface area contributed by atoms with E-state index in [1.54, 1.807) is 17.1 Å². The van der Waals surface area contributed by atoms with Gasteiger partial charge in [-0.2, -0.15) is 0 Å². The minimum Gasteiger partial charge on any atom is -0.385 e.